The zero-order chi connectivity index (χ0) is 21.3. The summed E-state index contributed by atoms with van der Waals surface area (Å²) in [7, 11) is 0. The minimum atomic E-state index is -0.655. The molecule has 0 N–H and O–H groups in total. The van der Waals surface area contributed by atoms with Gasteiger partial charge in [-0.3, -0.25) is 9.69 Å². The van der Waals surface area contributed by atoms with Gasteiger partial charge in [0.1, 0.15) is 0 Å². The number of nitrogens with zero attached hydrogens (tertiary/aromatic N) is 4. The number of hydrogen-bond acceptors (Lipinski definition) is 7. The van der Waals surface area contributed by atoms with Crippen LogP contribution in [0.4, 0.5) is 5.69 Å². The number of benzene rings is 2. The minimum absolute atomic E-state index is 0.122. The van der Waals surface area contributed by atoms with Crippen molar-refractivity contribution in [2.45, 2.75) is 37.1 Å². The zero-order valence-electron chi connectivity index (χ0n) is 17.2. The van der Waals surface area contributed by atoms with E-state index in [1.54, 1.807) is 23.6 Å². The molecule has 0 aliphatic carbocycles. The number of carbonyl (C=O) groups excluding carboxylic acids is 1. The topological polar surface area (TPSA) is 68.2 Å². The molecule has 1 aliphatic rings. The summed E-state index contributed by atoms with van der Waals surface area (Å²) in [6.45, 7) is 5.58. The molecule has 1 atom stereocenters. The standard InChI is InChI=1S/C22H22N4O2S2/c1-5-30-22-23-20-19(24-25-22)17-12-13(2)6-11-18(17)26(14(3)27)21(28-20)15-7-9-16(29-4)10-8-15/h6-12,21H,5H2,1-4H3/t21-/m0/s1. The quantitative estimate of drug-likeness (QED) is 0.523. The van der Waals surface area contributed by atoms with Gasteiger partial charge in [0.05, 0.1) is 5.69 Å². The van der Waals surface area contributed by atoms with Crippen molar-refractivity contribution in [3.8, 4) is 17.1 Å². The molecule has 0 unspecified atom stereocenters. The van der Waals surface area contributed by atoms with Crippen molar-refractivity contribution in [1.29, 1.82) is 0 Å². The normalized spacial score (nSPS) is 15.1. The number of rotatable bonds is 4. The highest BCUT2D eigenvalue weighted by Crippen LogP contribution is 2.43. The molecule has 1 aliphatic heterocycles. The molecule has 2 aromatic carbocycles. The molecule has 154 valence electrons. The molecule has 0 saturated carbocycles. The first kappa shape index (κ1) is 20.7. The summed E-state index contributed by atoms with van der Waals surface area (Å²) in [5.41, 5.74) is 3.99. The Hall–Kier alpha value is -2.58. The van der Waals surface area contributed by atoms with E-state index in [2.05, 4.69) is 15.2 Å². The number of thioether (sulfide) groups is 2. The van der Waals surface area contributed by atoms with Crippen LogP contribution in [0, 0.1) is 6.92 Å². The average Bonchev–Trinajstić information content (AvgIpc) is 2.88. The Balaban J connectivity index is 1.93. The van der Waals surface area contributed by atoms with E-state index < -0.39 is 6.23 Å². The lowest BCUT2D eigenvalue weighted by atomic mass is 10.0. The van der Waals surface area contributed by atoms with Crippen molar-refractivity contribution in [2.75, 3.05) is 16.9 Å². The van der Waals surface area contributed by atoms with Gasteiger partial charge in [-0.2, -0.15) is 4.98 Å². The van der Waals surface area contributed by atoms with Crippen LogP contribution >= 0.6 is 23.5 Å². The highest BCUT2D eigenvalue weighted by molar-refractivity contribution is 7.99. The SMILES string of the molecule is CCSc1nnc2c(n1)O[C@@H](c1ccc(SC)cc1)N(C(C)=O)c1ccc(C)cc1-2. The van der Waals surface area contributed by atoms with Crippen molar-refractivity contribution < 1.29 is 9.53 Å². The number of carbonyl (C=O) groups is 1. The minimum Gasteiger partial charge on any atom is -0.447 e. The fourth-order valence-corrected chi connectivity index (χ4v) is 4.31. The molecular formula is C22H22N4O2S2. The van der Waals surface area contributed by atoms with Gasteiger partial charge in [0, 0.05) is 22.9 Å². The summed E-state index contributed by atoms with van der Waals surface area (Å²) in [6.07, 6.45) is 1.38. The van der Waals surface area contributed by atoms with Crippen LogP contribution in [0.2, 0.25) is 0 Å². The predicted molar refractivity (Wildman–Crippen MR) is 121 cm³/mol. The van der Waals surface area contributed by atoms with Crippen molar-refractivity contribution in [3.05, 3.63) is 53.6 Å². The van der Waals surface area contributed by atoms with Gasteiger partial charge < -0.3 is 4.74 Å². The Morgan fingerprint density at radius 2 is 1.93 bits per heavy atom. The third-order valence-corrected chi connectivity index (χ3v) is 6.24. The van der Waals surface area contributed by atoms with Gasteiger partial charge in [0.15, 0.2) is 5.69 Å². The Morgan fingerprint density at radius 1 is 1.17 bits per heavy atom. The molecule has 0 radical (unpaired) electrons. The fraction of sp³-hybridized carbons (Fsp3) is 0.273. The maximum atomic E-state index is 12.8. The number of fused-ring (bicyclic) bond motifs is 3. The Kier molecular flexibility index (Phi) is 5.97. The smallest absolute Gasteiger partial charge is 0.247 e. The fourth-order valence-electron chi connectivity index (χ4n) is 3.39. The van der Waals surface area contributed by atoms with Crippen LogP contribution in [0.15, 0.2) is 52.5 Å². The van der Waals surface area contributed by atoms with Gasteiger partial charge in [-0.1, -0.05) is 42.4 Å². The average molecular weight is 439 g/mol. The van der Waals surface area contributed by atoms with Crippen LogP contribution in [0.3, 0.4) is 0 Å². The lowest BCUT2D eigenvalue weighted by Gasteiger charge is -2.30. The zero-order valence-corrected chi connectivity index (χ0v) is 18.9. The second-order valence-electron chi connectivity index (χ2n) is 6.83. The molecule has 3 aromatic rings. The summed E-state index contributed by atoms with van der Waals surface area (Å²) < 4.78 is 6.37. The molecule has 1 amide bonds. The summed E-state index contributed by atoms with van der Waals surface area (Å²) >= 11 is 3.17. The van der Waals surface area contributed by atoms with Crippen LogP contribution in [0.25, 0.3) is 11.3 Å². The molecule has 30 heavy (non-hydrogen) atoms. The predicted octanol–water partition coefficient (Wildman–Crippen LogP) is 5.13. The van der Waals surface area contributed by atoms with E-state index in [1.165, 1.54) is 11.8 Å². The monoisotopic (exact) mass is 438 g/mol. The summed E-state index contributed by atoms with van der Waals surface area (Å²) in [5, 5.41) is 9.24. The molecule has 0 bridgehead atoms. The Labute approximate surface area is 184 Å². The Morgan fingerprint density at radius 3 is 2.60 bits per heavy atom. The summed E-state index contributed by atoms with van der Waals surface area (Å²) in [6, 6.07) is 13.9. The van der Waals surface area contributed by atoms with Gasteiger partial charge in [0.2, 0.25) is 23.2 Å². The van der Waals surface area contributed by atoms with Crippen molar-refractivity contribution in [1.82, 2.24) is 15.2 Å². The van der Waals surface area contributed by atoms with E-state index >= 15 is 0 Å². The van der Waals surface area contributed by atoms with Crippen LogP contribution in [0.1, 0.15) is 31.2 Å². The highest BCUT2D eigenvalue weighted by atomic mass is 32.2. The second-order valence-corrected chi connectivity index (χ2v) is 8.94. The number of anilines is 1. The third kappa shape index (κ3) is 3.89. The number of aromatic nitrogens is 3. The van der Waals surface area contributed by atoms with E-state index in [0.717, 1.165) is 33.0 Å². The van der Waals surface area contributed by atoms with E-state index in [1.807, 2.05) is 62.6 Å². The summed E-state index contributed by atoms with van der Waals surface area (Å²) in [5.74, 6) is 1.09. The number of ether oxygens (including phenoxy) is 1. The molecule has 0 spiro atoms. The third-order valence-electron chi connectivity index (χ3n) is 4.77. The molecular weight excluding hydrogens is 416 g/mol. The van der Waals surface area contributed by atoms with Crippen molar-refractivity contribution >= 4 is 35.1 Å². The molecule has 0 saturated heterocycles. The number of hydrogen-bond donors (Lipinski definition) is 0. The van der Waals surface area contributed by atoms with Gasteiger partial charge in [-0.25, -0.2) is 0 Å². The van der Waals surface area contributed by atoms with E-state index in [4.69, 9.17) is 4.74 Å². The second kappa shape index (κ2) is 8.65. The lowest BCUT2D eigenvalue weighted by Crippen LogP contribution is -2.36. The van der Waals surface area contributed by atoms with Gasteiger partial charge in [0.25, 0.3) is 0 Å². The van der Waals surface area contributed by atoms with Crippen molar-refractivity contribution in [2.24, 2.45) is 0 Å². The van der Waals surface area contributed by atoms with Crippen LogP contribution in [-0.4, -0.2) is 33.1 Å². The number of aryl methyl sites for hydroxylation is 1. The summed E-state index contributed by atoms with van der Waals surface area (Å²) in [4.78, 5) is 20.2. The maximum Gasteiger partial charge on any atom is 0.247 e. The van der Waals surface area contributed by atoms with E-state index in [0.29, 0.717) is 16.7 Å². The molecule has 0 fully saturated rings. The van der Waals surface area contributed by atoms with Crippen molar-refractivity contribution in [3.63, 3.8) is 0 Å². The van der Waals surface area contributed by atoms with E-state index in [-0.39, 0.29) is 5.91 Å². The first-order valence-corrected chi connectivity index (χ1v) is 11.8. The highest BCUT2D eigenvalue weighted by Gasteiger charge is 2.34. The first-order valence-electron chi connectivity index (χ1n) is 9.60. The molecule has 8 heteroatoms. The Bertz CT molecular complexity index is 1090. The van der Waals surface area contributed by atoms with Crippen LogP contribution in [-0.2, 0) is 4.79 Å². The number of amides is 1. The van der Waals surface area contributed by atoms with E-state index in [9.17, 15) is 4.79 Å². The molecule has 6 nitrogen and oxygen atoms in total. The molecule has 1 aromatic heterocycles. The van der Waals surface area contributed by atoms with Crippen LogP contribution < -0.4 is 9.64 Å². The van der Waals surface area contributed by atoms with Gasteiger partial charge in [-0.05, 0) is 43.2 Å². The largest absolute Gasteiger partial charge is 0.447 e. The van der Waals surface area contributed by atoms with Gasteiger partial charge in [-0.15, -0.1) is 22.0 Å². The first-order chi connectivity index (χ1) is 14.5. The van der Waals surface area contributed by atoms with Gasteiger partial charge >= 0.3 is 0 Å². The molecule has 4 rings (SSSR count). The lowest BCUT2D eigenvalue weighted by molar-refractivity contribution is -0.118. The van der Waals surface area contributed by atoms with Crippen LogP contribution in [0.5, 0.6) is 5.88 Å². The molecule has 2 heterocycles. The maximum absolute atomic E-state index is 12.8.